The van der Waals surface area contributed by atoms with Crippen LogP contribution in [0.4, 0.5) is 0 Å². The Hall–Kier alpha value is -2.02. The van der Waals surface area contributed by atoms with Crippen LogP contribution in [-0.4, -0.2) is 34.5 Å². The number of halogens is 1. The maximum absolute atomic E-state index is 11.0. The molecule has 0 aliphatic carbocycles. The van der Waals surface area contributed by atoms with Crippen molar-refractivity contribution in [3.63, 3.8) is 0 Å². The van der Waals surface area contributed by atoms with Gasteiger partial charge in [0.05, 0.1) is 5.69 Å². The van der Waals surface area contributed by atoms with E-state index in [4.69, 9.17) is 14.6 Å². The summed E-state index contributed by atoms with van der Waals surface area (Å²) in [7, 11) is 0. The van der Waals surface area contributed by atoms with E-state index >= 15 is 0 Å². The van der Waals surface area contributed by atoms with Crippen LogP contribution in [0.5, 0.6) is 11.5 Å². The van der Waals surface area contributed by atoms with Crippen molar-refractivity contribution in [2.24, 2.45) is 0 Å². The predicted molar refractivity (Wildman–Crippen MR) is 79.1 cm³/mol. The average Bonchev–Trinajstić information content (AvgIpc) is 2.95. The van der Waals surface area contributed by atoms with Crippen molar-refractivity contribution in [3.8, 4) is 22.8 Å². The normalized spacial score (nSPS) is 13.2. The molecule has 0 radical (unpaired) electrons. The molecule has 1 aliphatic rings. The lowest BCUT2D eigenvalue weighted by Crippen LogP contribution is -2.17. The number of aromatic carboxylic acids is 1. The first-order valence-corrected chi connectivity index (χ1v) is 7.31. The Kier molecular flexibility index (Phi) is 3.59. The van der Waals surface area contributed by atoms with Gasteiger partial charge in [0.2, 0.25) is 0 Å². The fourth-order valence-electron chi connectivity index (χ4n) is 2.39. The topological polar surface area (TPSA) is 84.4 Å². The zero-order chi connectivity index (χ0) is 15.0. The van der Waals surface area contributed by atoms with Gasteiger partial charge in [-0.05, 0) is 34.5 Å². The molecule has 6 nitrogen and oxygen atoms in total. The van der Waals surface area contributed by atoms with Gasteiger partial charge in [-0.2, -0.15) is 5.10 Å². The van der Waals surface area contributed by atoms with Crippen molar-refractivity contribution in [2.75, 3.05) is 13.2 Å². The number of ether oxygens (including phenoxy) is 2. The molecule has 3 rings (SSSR count). The van der Waals surface area contributed by atoms with Crippen LogP contribution >= 0.6 is 15.9 Å². The van der Waals surface area contributed by atoms with E-state index in [1.807, 2.05) is 13.0 Å². The molecular formula is C14H13BrN2O4. The summed E-state index contributed by atoms with van der Waals surface area (Å²) in [5.74, 6) is 0.366. The smallest absolute Gasteiger partial charge is 0.353 e. The van der Waals surface area contributed by atoms with Gasteiger partial charge in [0.25, 0.3) is 0 Å². The SMILES string of the molecule is CCc1c2c(cc(Br)c1-c1cc(C(=O)O)[nH]n1)OCCO2. The highest BCUT2D eigenvalue weighted by Crippen LogP contribution is 2.44. The number of nitrogens with zero attached hydrogens (tertiary/aromatic N) is 1. The summed E-state index contributed by atoms with van der Waals surface area (Å²) in [6.07, 6.45) is 0.718. The first-order valence-electron chi connectivity index (χ1n) is 6.51. The van der Waals surface area contributed by atoms with Crippen LogP contribution in [0.15, 0.2) is 16.6 Å². The number of hydrogen-bond donors (Lipinski definition) is 2. The van der Waals surface area contributed by atoms with Gasteiger partial charge in [-0.3, -0.25) is 5.10 Å². The number of benzene rings is 1. The number of carbonyl (C=O) groups is 1. The highest BCUT2D eigenvalue weighted by molar-refractivity contribution is 9.10. The van der Waals surface area contributed by atoms with Gasteiger partial charge in [-0.1, -0.05) is 6.92 Å². The molecule has 0 spiro atoms. The second-order valence-electron chi connectivity index (χ2n) is 4.56. The molecule has 0 fully saturated rings. The van der Waals surface area contributed by atoms with E-state index in [-0.39, 0.29) is 5.69 Å². The molecule has 21 heavy (non-hydrogen) atoms. The number of H-pyrrole nitrogens is 1. The predicted octanol–water partition coefficient (Wildman–Crippen LogP) is 2.87. The molecule has 1 aliphatic heterocycles. The van der Waals surface area contributed by atoms with Crippen molar-refractivity contribution in [3.05, 3.63) is 27.9 Å². The summed E-state index contributed by atoms with van der Waals surface area (Å²) in [5, 5.41) is 15.6. The second kappa shape index (κ2) is 5.40. The summed E-state index contributed by atoms with van der Waals surface area (Å²) < 4.78 is 12.1. The minimum absolute atomic E-state index is 0.0499. The third-order valence-electron chi connectivity index (χ3n) is 3.30. The minimum Gasteiger partial charge on any atom is -0.486 e. The molecule has 0 bridgehead atoms. The van der Waals surface area contributed by atoms with Crippen molar-refractivity contribution in [1.82, 2.24) is 10.2 Å². The molecule has 0 atom stereocenters. The Morgan fingerprint density at radius 3 is 2.86 bits per heavy atom. The lowest BCUT2D eigenvalue weighted by molar-refractivity contribution is 0.0690. The number of carboxylic acid groups (broad SMARTS) is 1. The maximum Gasteiger partial charge on any atom is 0.353 e. The summed E-state index contributed by atoms with van der Waals surface area (Å²) >= 11 is 3.51. The highest BCUT2D eigenvalue weighted by atomic mass is 79.9. The molecule has 1 aromatic carbocycles. The fourth-order valence-corrected chi connectivity index (χ4v) is 3.04. The molecule has 2 heterocycles. The third-order valence-corrected chi connectivity index (χ3v) is 3.93. The number of hydrogen-bond acceptors (Lipinski definition) is 4. The van der Waals surface area contributed by atoms with E-state index in [0.29, 0.717) is 30.4 Å². The summed E-state index contributed by atoms with van der Waals surface area (Å²) in [5.41, 5.74) is 2.38. The second-order valence-corrected chi connectivity index (χ2v) is 5.42. The summed E-state index contributed by atoms with van der Waals surface area (Å²) in [6, 6.07) is 3.34. The molecule has 1 aromatic heterocycles. The van der Waals surface area contributed by atoms with Gasteiger partial charge in [-0.25, -0.2) is 4.79 Å². The van der Waals surface area contributed by atoms with Crippen LogP contribution in [0.25, 0.3) is 11.3 Å². The van der Waals surface area contributed by atoms with Gasteiger partial charge in [-0.15, -0.1) is 0 Å². The Labute approximate surface area is 129 Å². The van der Waals surface area contributed by atoms with Gasteiger partial charge < -0.3 is 14.6 Å². The average molecular weight is 353 g/mol. The van der Waals surface area contributed by atoms with Crippen LogP contribution in [-0.2, 0) is 6.42 Å². The van der Waals surface area contributed by atoms with Crippen molar-refractivity contribution in [2.45, 2.75) is 13.3 Å². The molecule has 0 unspecified atom stereocenters. The standard InChI is InChI=1S/C14H13BrN2O4/c1-2-7-12(9-6-10(14(18)19)17-16-9)8(15)5-11-13(7)21-4-3-20-11/h5-6H,2-4H2,1H3,(H,16,17)(H,18,19). The highest BCUT2D eigenvalue weighted by Gasteiger charge is 2.23. The van der Waals surface area contributed by atoms with E-state index < -0.39 is 5.97 Å². The van der Waals surface area contributed by atoms with Gasteiger partial charge in [0.1, 0.15) is 18.9 Å². The zero-order valence-electron chi connectivity index (χ0n) is 11.3. The Morgan fingerprint density at radius 1 is 1.43 bits per heavy atom. The monoisotopic (exact) mass is 352 g/mol. The first kappa shape index (κ1) is 13.9. The Balaban J connectivity index is 2.18. The quantitative estimate of drug-likeness (QED) is 0.887. The summed E-state index contributed by atoms with van der Waals surface area (Å²) in [4.78, 5) is 11.0. The minimum atomic E-state index is -1.04. The largest absolute Gasteiger partial charge is 0.486 e. The molecule has 110 valence electrons. The van der Waals surface area contributed by atoms with Gasteiger partial charge in [0, 0.05) is 15.6 Å². The molecule has 0 saturated carbocycles. The van der Waals surface area contributed by atoms with E-state index in [9.17, 15) is 4.79 Å². The van der Waals surface area contributed by atoms with E-state index in [1.54, 1.807) is 0 Å². The van der Waals surface area contributed by atoms with Gasteiger partial charge >= 0.3 is 5.97 Å². The number of fused-ring (bicyclic) bond motifs is 1. The van der Waals surface area contributed by atoms with Crippen molar-refractivity contribution < 1.29 is 19.4 Å². The van der Waals surface area contributed by atoms with Crippen LogP contribution in [0.3, 0.4) is 0 Å². The number of rotatable bonds is 3. The molecule has 0 amide bonds. The molecular weight excluding hydrogens is 340 g/mol. The van der Waals surface area contributed by atoms with Crippen LogP contribution < -0.4 is 9.47 Å². The Morgan fingerprint density at radius 2 is 2.19 bits per heavy atom. The third kappa shape index (κ3) is 2.37. The maximum atomic E-state index is 11.0. The van der Waals surface area contributed by atoms with E-state index in [0.717, 1.165) is 22.0 Å². The molecule has 0 saturated heterocycles. The lowest BCUT2D eigenvalue weighted by Gasteiger charge is -2.23. The number of aromatic nitrogens is 2. The first-order chi connectivity index (χ1) is 10.1. The van der Waals surface area contributed by atoms with Crippen LogP contribution in [0.1, 0.15) is 23.0 Å². The van der Waals surface area contributed by atoms with E-state index in [1.165, 1.54) is 6.07 Å². The van der Waals surface area contributed by atoms with Crippen LogP contribution in [0, 0.1) is 0 Å². The molecule has 2 N–H and O–H groups in total. The number of nitrogens with one attached hydrogen (secondary N) is 1. The van der Waals surface area contributed by atoms with Gasteiger partial charge in [0.15, 0.2) is 11.5 Å². The zero-order valence-corrected chi connectivity index (χ0v) is 12.9. The number of aromatic amines is 1. The molecule has 2 aromatic rings. The van der Waals surface area contributed by atoms with Crippen molar-refractivity contribution >= 4 is 21.9 Å². The van der Waals surface area contributed by atoms with E-state index in [2.05, 4.69) is 26.1 Å². The summed E-state index contributed by atoms with van der Waals surface area (Å²) in [6.45, 7) is 3.03. The molecule has 7 heteroatoms. The Bertz CT molecular complexity index is 711. The lowest BCUT2D eigenvalue weighted by atomic mass is 10.00. The fraction of sp³-hybridized carbons (Fsp3) is 0.286. The number of carboxylic acids is 1. The van der Waals surface area contributed by atoms with Crippen molar-refractivity contribution in [1.29, 1.82) is 0 Å². The van der Waals surface area contributed by atoms with Crippen LogP contribution in [0.2, 0.25) is 0 Å².